The second-order valence-corrected chi connectivity index (χ2v) is 10.6. The number of non-ortho nitro benzene ring substituents is 1. The van der Waals surface area contributed by atoms with Crippen LogP contribution in [0.3, 0.4) is 0 Å². The number of hydrogen-bond donors (Lipinski definition) is 1. The minimum Gasteiger partial charge on any atom is -0.378 e. The maximum Gasteiger partial charge on any atom is 0.270 e. The van der Waals surface area contributed by atoms with Gasteiger partial charge in [-0.3, -0.25) is 19.2 Å². The first-order valence-corrected chi connectivity index (χ1v) is 13.4. The van der Waals surface area contributed by atoms with Gasteiger partial charge in [0.2, 0.25) is 0 Å². The lowest BCUT2D eigenvalue weighted by molar-refractivity contribution is -0.384. The molecule has 0 atom stereocenters. The number of sulfonamides is 1. The molecule has 0 unspecified atom stereocenters. The van der Waals surface area contributed by atoms with Crippen molar-refractivity contribution in [1.29, 1.82) is 0 Å². The molecule has 1 N–H and O–H groups in total. The molecule has 0 spiro atoms. The number of nitro groups is 1. The van der Waals surface area contributed by atoms with Crippen LogP contribution in [0.4, 0.5) is 21.5 Å². The Labute approximate surface area is 224 Å². The number of carbonyl (C=O) groups excluding carboxylic acids is 1. The van der Waals surface area contributed by atoms with Crippen molar-refractivity contribution in [3.63, 3.8) is 0 Å². The summed E-state index contributed by atoms with van der Waals surface area (Å²) in [4.78, 5) is 25.6. The molecule has 1 heterocycles. The molecule has 1 aliphatic heterocycles. The van der Waals surface area contributed by atoms with Crippen molar-refractivity contribution < 1.29 is 27.3 Å². The summed E-state index contributed by atoms with van der Waals surface area (Å²) in [5, 5.41) is 15.2. The highest BCUT2D eigenvalue weighted by Crippen LogP contribution is 2.26. The third-order valence-corrected chi connectivity index (χ3v) is 7.77. The summed E-state index contributed by atoms with van der Waals surface area (Å²) in [5.74, 6) is -1.34. The van der Waals surface area contributed by atoms with Gasteiger partial charge < -0.3 is 9.64 Å². The number of nitrogens with zero attached hydrogens (tertiary/aromatic N) is 4. The van der Waals surface area contributed by atoms with Crippen LogP contribution < -0.4 is 14.6 Å². The predicted molar refractivity (Wildman–Crippen MR) is 144 cm³/mol. The maximum atomic E-state index is 13.5. The number of carbonyl (C=O) groups is 1. The number of halogens is 1. The molecular weight excluding hydrogens is 529 g/mol. The highest BCUT2D eigenvalue weighted by atomic mass is 32.2. The first-order valence-electron chi connectivity index (χ1n) is 11.9. The average Bonchev–Trinajstić information content (AvgIpc) is 2.93. The van der Waals surface area contributed by atoms with E-state index < -0.39 is 33.2 Å². The number of morpholine rings is 1. The number of nitrogens with one attached hydrogen (secondary N) is 1. The smallest absolute Gasteiger partial charge is 0.270 e. The zero-order chi connectivity index (χ0) is 28.0. The van der Waals surface area contributed by atoms with Crippen LogP contribution in [-0.2, 0) is 19.6 Å². The maximum absolute atomic E-state index is 13.5. The van der Waals surface area contributed by atoms with Crippen molar-refractivity contribution in [2.24, 2.45) is 5.10 Å². The first kappa shape index (κ1) is 27.7. The molecule has 1 amide bonds. The number of benzene rings is 3. The number of rotatable bonds is 9. The van der Waals surface area contributed by atoms with Gasteiger partial charge in [-0.1, -0.05) is 17.7 Å². The SMILES string of the molecule is Cc1ccc(S(=O)(=O)N(CC(=O)N/N=C\c2cc([N+](=O)[O-])ccc2N2CCOCC2)c2ccc(F)cc2)cc1. The molecule has 1 aliphatic rings. The Kier molecular flexibility index (Phi) is 8.52. The molecule has 3 aromatic rings. The van der Waals surface area contributed by atoms with Crippen LogP contribution in [0, 0.1) is 22.9 Å². The van der Waals surface area contributed by atoms with Crippen LogP contribution in [-0.4, -0.2) is 58.3 Å². The average molecular weight is 556 g/mol. The predicted octanol–water partition coefficient (Wildman–Crippen LogP) is 3.22. The van der Waals surface area contributed by atoms with Gasteiger partial charge in [0.15, 0.2) is 0 Å². The number of ether oxygens (including phenoxy) is 1. The van der Waals surface area contributed by atoms with Crippen LogP contribution in [0.1, 0.15) is 11.1 Å². The molecule has 204 valence electrons. The van der Waals surface area contributed by atoms with E-state index in [2.05, 4.69) is 10.5 Å². The Hall–Kier alpha value is -4.36. The van der Waals surface area contributed by atoms with Gasteiger partial charge in [0, 0.05) is 36.5 Å². The normalized spacial score (nSPS) is 13.8. The molecule has 4 rings (SSSR count). The zero-order valence-electron chi connectivity index (χ0n) is 21.0. The van der Waals surface area contributed by atoms with E-state index in [4.69, 9.17) is 4.74 Å². The monoisotopic (exact) mass is 555 g/mol. The molecule has 13 heteroatoms. The van der Waals surface area contributed by atoms with E-state index in [9.17, 15) is 27.7 Å². The summed E-state index contributed by atoms with van der Waals surface area (Å²) < 4.78 is 46.6. The first-order chi connectivity index (χ1) is 18.6. The molecule has 1 saturated heterocycles. The van der Waals surface area contributed by atoms with Crippen LogP contribution in [0.5, 0.6) is 0 Å². The van der Waals surface area contributed by atoms with E-state index in [0.717, 1.165) is 22.0 Å². The van der Waals surface area contributed by atoms with Gasteiger partial charge in [0.1, 0.15) is 12.4 Å². The Morgan fingerprint density at radius 3 is 2.44 bits per heavy atom. The summed E-state index contributed by atoms with van der Waals surface area (Å²) in [6.07, 6.45) is 1.27. The molecule has 0 aliphatic carbocycles. The second-order valence-electron chi connectivity index (χ2n) is 8.69. The van der Waals surface area contributed by atoms with E-state index in [1.54, 1.807) is 18.2 Å². The van der Waals surface area contributed by atoms with Crippen LogP contribution >= 0.6 is 0 Å². The van der Waals surface area contributed by atoms with Crippen molar-refractivity contribution in [1.82, 2.24) is 5.43 Å². The van der Waals surface area contributed by atoms with Crippen molar-refractivity contribution in [3.05, 3.63) is 93.8 Å². The number of amides is 1. The summed E-state index contributed by atoms with van der Waals surface area (Å²) in [6, 6.07) is 15.2. The number of anilines is 2. The van der Waals surface area contributed by atoms with Gasteiger partial charge in [-0.25, -0.2) is 18.2 Å². The van der Waals surface area contributed by atoms with Gasteiger partial charge in [0.05, 0.1) is 34.9 Å². The van der Waals surface area contributed by atoms with E-state index in [1.807, 2.05) is 11.8 Å². The zero-order valence-corrected chi connectivity index (χ0v) is 21.8. The summed E-state index contributed by atoms with van der Waals surface area (Å²) in [5.41, 5.74) is 4.16. The number of aryl methyl sites for hydroxylation is 1. The molecule has 3 aromatic carbocycles. The lowest BCUT2D eigenvalue weighted by Gasteiger charge is -2.29. The van der Waals surface area contributed by atoms with Crippen molar-refractivity contribution in [3.8, 4) is 0 Å². The summed E-state index contributed by atoms with van der Waals surface area (Å²) >= 11 is 0. The lowest BCUT2D eigenvalue weighted by Crippen LogP contribution is -2.39. The molecule has 0 bridgehead atoms. The standard InChI is InChI=1S/C26H26FN5O6S/c1-19-2-9-24(10-3-19)39(36,37)31(22-6-4-21(27)5-7-22)18-26(33)29-28-17-20-16-23(32(34)35)8-11-25(20)30-12-14-38-15-13-30/h2-11,16-17H,12-15,18H2,1H3,(H,29,33)/b28-17-. The van der Waals surface area contributed by atoms with Crippen LogP contribution in [0.25, 0.3) is 0 Å². The Bertz CT molecular complexity index is 1470. The van der Waals surface area contributed by atoms with Crippen LogP contribution in [0.2, 0.25) is 0 Å². The van der Waals surface area contributed by atoms with Gasteiger partial charge in [0.25, 0.3) is 21.6 Å². The fourth-order valence-electron chi connectivity index (χ4n) is 3.95. The second kappa shape index (κ2) is 12.0. The quantitative estimate of drug-likeness (QED) is 0.243. The van der Waals surface area contributed by atoms with Gasteiger partial charge in [-0.2, -0.15) is 5.10 Å². The molecule has 0 radical (unpaired) electrons. The van der Waals surface area contributed by atoms with E-state index in [0.29, 0.717) is 37.6 Å². The summed E-state index contributed by atoms with van der Waals surface area (Å²) in [6.45, 7) is 3.32. The van der Waals surface area contributed by atoms with E-state index >= 15 is 0 Å². The fourth-order valence-corrected chi connectivity index (χ4v) is 5.37. The largest absolute Gasteiger partial charge is 0.378 e. The Balaban J connectivity index is 1.57. The molecule has 0 saturated carbocycles. The van der Waals surface area contributed by atoms with Crippen molar-refractivity contribution in [2.75, 3.05) is 42.1 Å². The molecule has 39 heavy (non-hydrogen) atoms. The molecule has 0 aromatic heterocycles. The third-order valence-electron chi connectivity index (χ3n) is 5.98. The highest BCUT2D eigenvalue weighted by molar-refractivity contribution is 7.92. The fraction of sp³-hybridized carbons (Fsp3) is 0.231. The minimum atomic E-state index is -4.19. The van der Waals surface area contributed by atoms with E-state index in [-0.39, 0.29) is 16.3 Å². The topological polar surface area (TPSA) is 134 Å². The van der Waals surface area contributed by atoms with E-state index in [1.165, 1.54) is 42.6 Å². The minimum absolute atomic E-state index is 0.0412. The number of nitro benzene ring substituents is 1. The lowest BCUT2D eigenvalue weighted by atomic mass is 10.1. The molecule has 1 fully saturated rings. The van der Waals surface area contributed by atoms with Crippen molar-refractivity contribution in [2.45, 2.75) is 11.8 Å². The van der Waals surface area contributed by atoms with Crippen LogP contribution in [0.15, 0.2) is 76.7 Å². The summed E-state index contributed by atoms with van der Waals surface area (Å²) in [7, 11) is -4.19. The van der Waals surface area contributed by atoms with Gasteiger partial charge in [-0.15, -0.1) is 0 Å². The number of hydrogen-bond acceptors (Lipinski definition) is 8. The molecule has 11 nitrogen and oxygen atoms in total. The molecular formula is C26H26FN5O6S. The Morgan fingerprint density at radius 1 is 1.13 bits per heavy atom. The highest BCUT2D eigenvalue weighted by Gasteiger charge is 2.27. The van der Waals surface area contributed by atoms with Gasteiger partial charge in [-0.05, 0) is 49.4 Å². The van der Waals surface area contributed by atoms with Gasteiger partial charge >= 0.3 is 0 Å². The van der Waals surface area contributed by atoms with Crippen molar-refractivity contribution >= 4 is 39.2 Å². The third kappa shape index (κ3) is 6.75. The number of hydrazone groups is 1. The Morgan fingerprint density at radius 2 is 1.79 bits per heavy atom.